The first-order valence-electron chi connectivity index (χ1n) is 9.22. The molecule has 1 aliphatic rings. The Kier molecular flexibility index (Phi) is 5.06. The minimum absolute atomic E-state index is 0.0682. The van der Waals surface area contributed by atoms with Crippen molar-refractivity contribution in [1.82, 2.24) is 4.90 Å². The van der Waals surface area contributed by atoms with Crippen molar-refractivity contribution in [3.8, 4) is 11.5 Å². The Labute approximate surface area is 159 Å². The minimum atomic E-state index is 0.0682. The van der Waals surface area contributed by atoms with E-state index in [9.17, 15) is 4.79 Å². The van der Waals surface area contributed by atoms with E-state index >= 15 is 0 Å². The van der Waals surface area contributed by atoms with Gasteiger partial charge in [-0.1, -0.05) is 36.4 Å². The Hall–Kier alpha value is -3.27. The van der Waals surface area contributed by atoms with Gasteiger partial charge in [-0.05, 0) is 55.0 Å². The summed E-state index contributed by atoms with van der Waals surface area (Å²) in [4.78, 5) is 14.7. The summed E-state index contributed by atoms with van der Waals surface area (Å²) >= 11 is 0. The lowest BCUT2D eigenvalue weighted by Crippen LogP contribution is -2.31. The zero-order valence-electron chi connectivity index (χ0n) is 15.0. The van der Waals surface area contributed by atoms with Gasteiger partial charge in [-0.3, -0.25) is 4.79 Å². The fourth-order valence-electron chi connectivity index (χ4n) is 3.31. The molecule has 1 heterocycles. The average molecular weight is 358 g/mol. The van der Waals surface area contributed by atoms with Crippen LogP contribution in [0.4, 0.5) is 5.69 Å². The van der Waals surface area contributed by atoms with Crippen LogP contribution in [0.2, 0.25) is 0 Å². The third-order valence-corrected chi connectivity index (χ3v) is 4.70. The third kappa shape index (κ3) is 4.29. The standard InChI is InChI=1S/C23H22N2O2/c26-23(25-16-15-20(17-25)24-19-7-3-1-4-8-19)18-11-13-22(14-12-18)27-21-9-5-2-6-10-21/h1-14,20,24H,15-17H2. The number of nitrogens with one attached hydrogen (secondary N) is 1. The number of para-hydroxylation sites is 2. The van der Waals surface area contributed by atoms with Crippen molar-refractivity contribution in [2.75, 3.05) is 18.4 Å². The molecule has 3 aromatic carbocycles. The quantitative estimate of drug-likeness (QED) is 0.712. The Morgan fingerprint density at radius 3 is 2.19 bits per heavy atom. The van der Waals surface area contributed by atoms with Crippen molar-refractivity contribution >= 4 is 11.6 Å². The maximum Gasteiger partial charge on any atom is 0.253 e. The second-order valence-corrected chi connectivity index (χ2v) is 6.69. The number of rotatable bonds is 5. The molecule has 0 aliphatic carbocycles. The van der Waals surface area contributed by atoms with E-state index in [1.807, 2.05) is 77.7 Å². The maximum absolute atomic E-state index is 12.8. The molecule has 0 spiro atoms. The number of benzene rings is 3. The largest absolute Gasteiger partial charge is 0.457 e. The Balaban J connectivity index is 1.35. The zero-order chi connectivity index (χ0) is 18.5. The first kappa shape index (κ1) is 17.2. The number of likely N-dealkylation sites (tertiary alicyclic amines) is 1. The molecule has 0 aromatic heterocycles. The smallest absolute Gasteiger partial charge is 0.253 e. The molecule has 4 nitrogen and oxygen atoms in total. The monoisotopic (exact) mass is 358 g/mol. The first-order chi connectivity index (χ1) is 13.3. The number of nitrogens with zero attached hydrogens (tertiary/aromatic N) is 1. The number of anilines is 1. The fourth-order valence-corrected chi connectivity index (χ4v) is 3.31. The van der Waals surface area contributed by atoms with Crippen molar-refractivity contribution in [3.63, 3.8) is 0 Å². The third-order valence-electron chi connectivity index (χ3n) is 4.70. The van der Waals surface area contributed by atoms with Gasteiger partial charge in [-0.25, -0.2) is 0 Å². The van der Waals surface area contributed by atoms with Gasteiger partial charge in [0.2, 0.25) is 0 Å². The van der Waals surface area contributed by atoms with E-state index in [0.717, 1.165) is 36.7 Å². The van der Waals surface area contributed by atoms with E-state index in [-0.39, 0.29) is 11.9 Å². The van der Waals surface area contributed by atoms with Gasteiger partial charge in [0, 0.05) is 30.4 Å². The SMILES string of the molecule is O=C(c1ccc(Oc2ccccc2)cc1)N1CCC(Nc2ccccc2)C1. The predicted octanol–water partition coefficient (Wildman–Crippen LogP) is 4.81. The van der Waals surface area contributed by atoms with Crippen LogP contribution < -0.4 is 10.1 Å². The molecular formula is C23H22N2O2. The van der Waals surface area contributed by atoms with Crippen LogP contribution in [0.5, 0.6) is 11.5 Å². The van der Waals surface area contributed by atoms with Crippen LogP contribution >= 0.6 is 0 Å². The topological polar surface area (TPSA) is 41.6 Å². The van der Waals surface area contributed by atoms with Crippen molar-refractivity contribution in [2.45, 2.75) is 12.5 Å². The van der Waals surface area contributed by atoms with Crippen LogP contribution in [0, 0.1) is 0 Å². The highest BCUT2D eigenvalue weighted by molar-refractivity contribution is 5.94. The maximum atomic E-state index is 12.8. The van der Waals surface area contributed by atoms with Crippen LogP contribution in [-0.2, 0) is 0 Å². The van der Waals surface area contributed by atoms with E-state index in [1.165, 1.54) is 0 Å². The van der Waals surface area contributed by atoms with E-state index < -0.39 is 0 Å². The number of carbonyl (C=O) groups is 1. The molecule has 1 N–H and O–H groups in total. The minimum Gasteiger partial charge on any atom is -0.457 e. The van der Waals surface area contributed by atoms with Gasteiger partial charge < -0.3 is 15.0 Å². The van der Waals surface area contributed by atoms with Crippen molar-refractivity contribution in [3.05, 3.63) is 90.5 Å². The van der Waals surface area contributed by atoms with Crippen LogP contribution in [0.3, 0.4) is 0 Å². The molecule has 136 valence electrons. The van der Waals surface area contributed by atoms with Crippen LogP contribution in [-0.4, -0.2) is 29.9 Å². The van der Waals surface area contributed by atoms with Gasteiger partial charge >= 0.3 is 0 Å². The van der Waals surface area contributed by atoms with Gasteiger partial charge in [-0.2, -0.15) is 0 Å². The van der Waals surface area contributed by atoms with Crippen LogP contribution in [0.1, 0.15) is 16.8 Å². The number of ether oxygens (including phenoxy) is 1. The predicted molar refractivity (Wildman–Crippen MR) is 107 cm³/mol. The molecule has 27 heavy (non-hydrogen) atoms. The molecule has 0 radical (unpaired) electrons. The summed E-state index contributed by atoms with van der Waals surface area (Å²) < 4.78 is 5.79. The first-order valence-corrected chi connectivity index (χ1v) is 9.22. The van der Waals surface area contributed by atoms with E-state index in [0.29, 0.717) is 5.56 Å². The summed E-state index contributed by atoms with van der Waals surface area (Å²) in [6, 6.07) is 27.4. The van der Waals surface area contributed by atoms with Gasteiger partial charge in [0.1, 0.15) is 11.5 Å². The fraction of sp³-hybridized carbons (Fsp3) is 0.174. The van der Waals surface area contributed by atoms with Crippen LogP contribution in [0.15, 0.2) is 84.9 Å². The molecule has 4 rings (SSSR count). The summed E-state index contributed by atoms with van der Waals surface area (Å²) in [6.45, 7) is 1.49. The second kappa shape index (κ2) is 7.96. The molecule has 1 aliphatic heterocycles. The van der Waals surface area contributed by atoms with E-state index in [4.69, 9.17) is 4.74 Å². The van der Waals surface area contributed by atoms with Crippen LogP contribution in [0.25, 0.3) is 0 Å². The number of hydrogen-bond donors (Lipinski definition) is 1. The van der Waals surface area contributed by atoms with E-state index in [1.54, 1.807) is 0 Å². The lowest BCUT2D eigenvalue weighted by Gasteiger charge is -2.18. The molecule has 1 amide bonds. The molecule has 1 saturated heterocycles. The molecule has 1 fully saturated rings. The summed E-state index contributed by atoms with van der Waals surface area (Å²) in [6.07, 6.45) is 0.954. The number of hydrogen-bond acceptors (Lipinski definition) is 3. The Morgan fingerprint density at radius 2 is 1.48 bits per heavy atom. The van der Waals surface area contributed by atoms with Crippen molar-refractivity contribution < 1.29 is 9.53 Å². The van der Waals surface area contributed by atoms with Gasteiger partial charge in [-0.15, -0.1) is 0 Å². The Bertz CT molecular complexity index is 879. The summed E-state index contributed by atoms with van der Waals surface area (Å²) in [5.74, 6) is 1.58. The highest BCUT2D eigenvalue weighted by Crippen LogP contribution is 2.23. The summed E-state index contributed by atoms with van der Waals surface area (Å²) in [5.41, 5.74) is 1.79. The van der Waals surface area contributed by atoms with Gasteiger partial charge in [0.05, 0.1) is 0 Å². The lowest BCUT2D eigenvalue weighted by molar-refractivity contribution is 0.0791. The average Bonchev–Trinajstić information content (AvgIpc) is 3.18. The number of carbonyl (C=O) groups excluding carboxylic acids is 1. The van der Waals surface area contributed by atoms with Gasteiger partial charge in [0.15, 0.2) is 0 Å². The lowest BCUT2D eigenvalue weighted by atomic mass is 10.2. The molecule has 3 aromatic rings. The van der Waals surface area contributed by atoms with E-state index in [2.05, 4.69) is 17.4 Å². The van der Waals surface area contributed by atoms with Gasteiger partial charge in [0.25, 0.3) is 5.91 Å². The highest BCUT2D eigenvalue weighted by atomic mass is 16.5. The molecular weight excluding hydrogens is 336 g/mol. The molecule has 1 atom stereocenters. The number of amides is 1. The highest BCUT2D eigenvalue weighted by Gasteiger charge is 2.26. The second-order valence-electron chi connectivity index (χ2n) is 6.69. The normalized spacial score (nSPS) is 16.1. The summed E-state index contributed by atoms with van der Waals surface area (Å²) in [5, 5.41) is 3.50. The molecule has 4 heteroatoms. The van der Waals surface area contributed by atoms with Crippen molar-refractivity contribution in [2.24, 2.45) is 0 Å². The summed E-state index contributed by atoms with van der Waals surface area (Å²) in [7, 11) is 0. The molecule has 0 saturated carbocycles. The zero-order valence-corrected chi connectivity index (χ0v) is 15.0. The molecule has 0 bridgehead atoms. The van der Waals surface area contributed by atoms with Crippen molar-refractivity contribution in [1.29, 1.82) is 0 Å². The molecule has 1 unspecified atom stereocenters. The Morgan fingerprint density at radius 1 is 0.852 bits per heavy atom.